The molecule has 0 saturated carbocycles. The van der Waals surface area contributed by atoms with Crippen LogP contribution >= 0.6 is 11.3 Å². The third-order valence-electron chi connectivity index (χ3n) is 2.89. The molecule has 0 atom stereocenters. The molecule has 0 radical (unpaired) electrons. The number of nitrogens with zero attached hydrogens (tertiary/aromatic N) is 2. The van der Waals surface area contributed by atoms with Crippen molar-refractivity contribution in [1.82, 2.24) is 4.98 Å². The number of carboxylic acid groups (broad SMARTS) is 1. The van der Waals surface area contributed by atoms with E-state index in [2.05, 4.69) is 9.88 Å². The van der Waals surface area contributed by atoms with E-state index in [1.54, 1.807) is 0 Å². The molecule has 1 heterocycles. The summed E-state index contributed by atoms with van der Waals surface area (Å²) in [7, 11) is 0. The van der Waals surface area contributed by atoms with Crippen LogP contribution in [0.25, 0.3) is 11.3 Å². The summed E-state index contributed by atoms with van der Waals surface area (Å²) >= 11 is 1.23. The van der Waals surface area contributed by atoms with Gasteiger partial charge in [0.1, 0.15) is 4.88 Å². The zero-order chi connectivity index (χ0) is 13.8. The Bertz CT molecular complexity index is 562. The molecule has 0 amide bonds. The van der Waals surface area contributed by atoms with Gasteiger partial charge in [-0.2, -0.15) is 0 Å². The molecule has 4 nitrogen and oxygen atoms in total. The Balaban J connectivity index is 2.51. The second-order valence-electron chi connectivity index (χ2n) is 4.02. The maximum atomic E-state index is 11.4. The number of thiazole rings is 1. The Kier molecular flexibility index (Phi) is 4.16. The minimum Gasteiger partial charge on any atom is -0.477 e. The predicted octanol–water partition coefficient (Wildman–Crippen LogP) is 3.35. The van der Waals surface area contributed by atoms with Crippen LogP contribution in [0.2, 0.25) is 0 Å². The lowest BCUT2D eigenvalue weighted by Gasteiger charge is -2.16. The molecule has 0 aliphatic rings. The maximum absolute atomic E-state index is 11.4. The van der Waals surface area contributed by atoms with E-state index >= 15 is 0 Å². The second-order valence-corrected chi connectivity index (χ2v) is 5.00. The summed E-state index contributed by atoms with van der Waals surface area (Å²) in [6.07, 6.45) is 0. The molecule has 0 unspecified atom stereocenters. The van der Waals surface area contributed by atoms with Gasteiger partial charge >= 0.3 is 5.97 Å². The lowest BCUT2D eigenvalue weighted by molar-refractivity contribution is 0.0702. The SMILES string of the molecule is CCN(CC)c1nc(-c2ccccc2)c(C(=O)O)s1. The molecule has 2 aromatic rings. The monoisotopic (exact) mass is 276 g/mol. The average molecular weight is 276 g/mol. The van der Waals surface area contributed by atoms with E-state index in [4.69, 9.17) is 0 Å². The van der Waals surface area contributed by atoms with Gasteiger partial charge in [-0.15, -0.1) is 0 Å². The topological polar surface area (TPSA) is 53.4 Å². The minimum absolute atomic E-state index is 0.299. The molecule has 0 aliphatic carbocycles. The largest absolute Gasteiger partial charge is 0.477 e. The molecule has 0 fully saturated rings. The third kappa shape index (κ3) is 2.76. The molecular formula is C14H16N2O2S. The Morgan fingerprint density at radius 2 is 1.89 bits per heavy atom. The Morgan fingerprint density at radius 1 is 1.26 bits per heavy atom. The van der Waals surface area contributed by atoms with Crippen LogP contribution in [0.1, 0.15) is 23.5 Å². The van der Waals surface area contributed by atoms with Crippen molar-refractivity contribution in [2.24, 2.45) is 0 Å². The first-order chi connectivity index (χ1) is 9.17. The minimum atomic E-state index is -0.922. The summed E-state index contributed by atoms with van der Waals surface area (Å²) in [5.74, 6) is -0.922. The van der Waals surface area contributed by atoms with E-state index in [9.17, 15) is 9.90 Å². The highest BCUT2D eigenvalue weighted by molar-refractivity contribution is 7.17. The van der Waals surface area contributed by atoms with Crippen molar-refractivity contribution in [1.29, 1.82) is 0 Å². The van der Waals surface area contributed by atoms with Crippen LogP contribution in [0.15, 0.2) is 30.3 Å². The zero-order valence-corrected chi connectivity index (χ0v) is 11.8. The van der Waals surface area contributed by atoms with Gasteiger partial charge in [-0.3, -0.25) is 0 Å². The van der Waals surface area contributed by atoms with Gasteiger partial charge in [0.25, 0.3) is 0 Å². The van der Waals surface area contributed by atoms with Crippen LogP contribution in [0.4, 0.5) is 5.13 Å². The van der Waals surface area contributed by atoms with Crippen molar-refractivity contribution in [2.45, 2.75) is 13.8 Å². The standard InChI is InChI=1S/C14H16N2O2S/c1-3-16(4-2)14-15-11(12(19-14)13(17)18)10-8-6-5-7-9-10/h5-9H,3-4H2,1-2H3,(H,17,18). The molecule has 0 aliphatic heterocycles. The summed E-state index contributed by atoms with van der Waals surface area (Å²) in [5.41, 5.74) is 1.40. The van der Waals surface area contributed by atoms with Crippen LogP contribution in [-0.2, 0) is 0 Å². The lowest BCUT2D eigenvalue weighted by atomic mass is 10.1. The van der Waals surface area contributed by atoms with Crippen LogP contribution < -0.4 is 4.90 Å². The Labute approximate surface area is 116 Å². The van der Waals surface area contributed by atoms with E-state index in [-0.39, 0.29) is 0 Å². The Hall–Kier alpha value is -1.88. The molecule has 1 aromatic carbocycles. The lowest BCUT2D eigenvalue weighted by Crippen LogP contribution is -2.21. The van der Waals surface area contributed by atoms with Crippen LogP contribution in [0.5, 0.6) is 0 Å². The van der Waals surface area contributed by atoms with Gasteiger partial charge in [-0.25, -0.2) is 9.78 Å². The van der Waals surface area contributed by atoms with Crippen molar-refractivity contribution in [3.63, 3.8) is 0 Å². The molecule has 0 spiro atoms. The highest BCUT2D eigenvalue weighted by Crippen LogP contribution is 2.32. The second kappa shape index (κ2) is 5.84. The molecule has 1 N–H and O–H groups in total. The van der Waals surface area contributed by atoms with Gasteiger partial charge < -0.3 is 10.0 Å². The van der Waals surface area contributed by atoms with Crippen LogP contribution in [-0.4, -0.2) is 29.1 Å². The van der Waals surface area contributed by atoms with Gasteiger partial charge in [-0.1, -0.05) is 41.7 Å². The van der Waals surface area contributed by atoms with Crippen molar-refractivity contribution >= 4 is 22.4 Å². The van der Waals surface area contributed by atoms with Crippen LogP contribution in [0, 0.1) is 0 Å². The van der Waals surface area contributed by atoms with Crippen molar-refractivity contribution in [2.75, 3.05) is 18.0 Å². The van der Waals surface area contributed by atoms with Crippen molar-refractivity contribution < 1.29 is 9.90 Å². The number of aromatic nitrogens is 1. The highest BCUT2D eigenvalue weighted by atomic mass is 32.1. The first kappa shape index (κ1) is 13.5. The van der Waals surface area contributed by atoms with Crippen molar-refractivity contribution in [3.05, 3.63) is 35.2 Å². The van der Waals surface area contributed by atoms with E-state index in [1.165, 1.54) is 11.3 Å². The molecule has 100 valence electrons. The fourth-order valence-corrected chi connectivity index (χ4v) is 2.93. The average Bonchev–Trinajstić information content (AvgIpc) is 2.86. The number of carboxylic acids is 1. The zero-order valence-electron chi connectivity index (χ0n) is 11.0. The summed E-state index contributed by atoms with van der Waals surface area (Å²) in [5, 5.41) is 10.1. The molecule has 5 heteroatoms. The van der Waals surface area contributed by atoms with Gasteiger partial charge in [0.05, 0.1) is 5.69 Å². The smallest absolute Gasteiger partial charge is 0.348 e. The molecule has 2 rings (SSSR count). The summed E-state index contributed by atoms with van der Waals surface area (Å²) in [6, 6.07) is 9.44. The normalized spacial score (nSPS) is 10.4. The third-order valence-corrected chi connectivity index (χ3v) is 4.00. The highest BCUT2D eigenvalue weighted by Gasteiger charge is 2.20. The summed E-state index contributed by atoms with van der Waals surface area (Å²) < 4.78 is 0. The first-order valence-corrected chi connectivity index (χ1v) is 7.03. The number of aromatic carboxylic acids is 1. The van der Waals surface area contributed by atoms with Gasteiger partial charge in [0, 0.05) is 18.7 Å². The predicted molar refractivity (Wildman–Crippen MR) is 78.1 cm³/mol. The molecule has 19 heavy (non-hydrogen) atoms. The number of anilines is 1. The summed E-state index contributed by atoms with van der Waals surface area (Å²) in [6.45, 7) is 5.70. The van der Waals surface area contributed by atoms with Gasteiger partial charge in [-0.05, 0) is 13.8 Å². The van der Waals surface area contributed by atoms with E-state index in [0.717, 1.165) is 23.8 Å². The van der Waals surface area contributed by atoms with E-state index < -0.39 is 5.97 Å². The maximum Gasteiger partial charge on any atom is 0.348 e. The quantitative estimate of drug-likeness (QED) is 0.910. The molecule has 0 saturated heterocycles. The van der Waals surface area contributed by atoms with E-state index in [0.29, 0.717) is 10.6 Å². The fraction of sp³-hybridized carbons (Fsp3) is 0.286. The van der Waals surface area contributed by atoms with Gasteiger partial charge in [0.2, 0.25) is 0 Å². The number of hydrogen-bond donors (Lipinski definition) is 1. The number of carbonyl (C=O) groups is 1. The van der Waals surface area contributed by atoms with Crippen molar-refractivity contribution in [3.8, 4) is 11.3 Å². The first-order valence-electron chi connectivity index (χ1n) is 6.21. The van der Waals surface area contributed by atoms with Gasteiger partial charge in [0.15, 0.2) is 5.13 Å². The number of hydrogen-bond acceptors (Lipinski definition) is 4. The summed E-state index contributed by atoms with van der Waals surface area (Å²) in [4.78, 5) is 18.2. The molecular weight excluding hydrogens is 260 g/mol. The van der Waals surface area contributed by atoms with Crippen LogP contribution in [0.3, 0.4) is 0 Å². The Morgan fingerprint density at radius 3 is 2.42 bits per heavy atom. The van der Waals surface area contributed by atoms with E-state index in [1.807, 2.05) is 44.2 Å². The number of rotatable bonds is 5. The fourth-order valence-electron chi connectivity index (χ4n) is 1.87. The molecule has 1 aromatic heterocycles. The molecule has 0 bridgehead atoms. The number of benzene rings is 1.